The van der Waals surface area contributed by atoms with Crippen molar-refractivity contribution >= 4 is 5.69 Å². The van der Waals surface area contributed by atoms with Crippen molar-refractivity contribution in [3.8, 4) is 0 Å². The number of nitro groups is 1. The van der Waals surface area contributed by atoms with E-state index in [4.69, 9.17) is 4.74 Å². The molecular weight excluding hydrogens is 230 g/mol. The van der Waals surface area contributed by atoms with E-state index < -0.39 is 0 Å². The van der Waals surface area contributed by atoms with Crippen molar-refractivity contribution in [1.82, 2.24) is 0 Å². The molecule has 4 heteroatoms. The number of nitrogens with zero attached hydrogens (tertiary/aromatic N) is 1. The number of hydrogen-bond acceptors (Lipinski definition) is 3. The third-order valence-electron chi connectivity index (χ3n) is 3.58. The molecule has 2 atom stereocenters. The van der Waals surface area contributed by atoms with E-state index in [1.165, 1.54) is 6.07 Å². The molecule has 1 aromatic carbocycles. The summed E-state index contributed by atoms with van der Waals surface area (Å²) in [6.45, 7) is 0.610. The standard InChI is InChI=1S/C14H13NO3/c16-15(17)11-5-3-4-10(8-11)13-9-18-14-7-2-1-6-12(13)14/h1-5,7-8,12-13H,6,9H2. The average molecular weight is 243 g/mol. The molecule has 1 aliphatic heterocycles. The van der Waals surface area contributed by atoms with Gasteiger partial charge in [0.1, 0.15) is 5.76 Å². The summed E-state index contributed by atoms with van der Waals surface area (Å²) < 4.78 is 5.66. The van der Waals surface area contributed by atoms with Crippen LogP contribution in [0.2, 0.25) is 0 Å². The van der Waals surface area contributed by atoms with Crippen LogP contribution in [0.15, 0.2) is 48.3 Å². The van der Waals surface area contributed by atoms with E-state index in [0.29, 0.717) is 12.5 Å². The number of nitro benzene ring substituents is 1. The molecule has 1 fully saturated rings. The van der Waals surface area contributed by atoms with Gasteiger partial charge in [-0.3, -0.25) is 10.1 Å². The van der Waals surface area contributed by atoms with Gasteiger partial charge in [-0.05, 0) is 18.1 Å². The van der Waals surface area contributed by atoms with Crippen LogP contribution < -0.4 is 0 Å². The molecule has 0 radical (unpaired) electrons. The van der Waals surface area contributed by atoms with E-state index in [1.54, 1.807) is 12.1 Å². The SMILES string of the molecule is O=[N+]([O-])c1cccc(C2COC3=CC=CCC32)c1. The molecule has 1 heterocycles. The zero-order valence-electron chi connectivity index (χ0n) is 9.78. The Kier molecular flexibility index (Phi) is 2.63. The molecule has 2 unspecified atom stereocenters. The van der Waals surface area contributed by atoms with E-state index in [9.17, 15) is 10.1 Å². The first-order valence-electron chi connectivity index (χ1n) is 5.99. The molecule has 3 rings (SSSR count). The molecule has 1 aromatic rings. The van der Waals surface area contributed by atoms with Gasteiger partial charge in [0.15, 0.2) is 0 Å². The fourth-order valence-corrected chi connectivity index (χ4v) is 2.65. The molecule has 0 spiro atoms. The third kappa shape index (κ3) is 1.79. The lowest BCUT2D eigenvalue weighted by molar-refractivity contribution is -0.384. The fourth-order valence-electron chi connectivity index (χ4n) is 2.65. The molecule has 2 aliphatic rings. The lowest BCUT2D eigenvalue weighted by Crippen LogP contribution is -2.10. The van der Waals surface area contributed by atoms with Gasteiger partial charge in [-0.2, -0.15) is 0 Å². The van der Waals surface area contributed by atoms with Gasteiger partial charge in [0.05, 0.1) is 11.5 Å². The van der Waals surface area contributed by atoms with E-state index in [0.717, 1.165) is 17.7 Å². The predicted octanol–water partition coefficient (Wildman–Crippen LogP) is 3.17. The highest BCUT2D eigenvalue weighted by Gasteiger charge is 2.35. The van der Waals surface area contributed by atoms with Crippen molar-refractivity contribution in [3.05, 3.63) is 63.9 Å². The van der Waals surface area contributed by atoms with Crippen LogP contribution in [0.3, 0.4) is 0 Å². The van der Waals surface area contributed by atoms with Crippen LogP contribution >= 0.6 is 0 Å². The van der Waals surface area contributed by atoms with Crippen LogP contribution in [0.25, 0.3) is 0 Å². The Morgan fingerprint density at radius 3 is 3.06 bits per heavy atom. The van der Waals surface area contributed by atoms with E-state index in [1.807, 2.05) is 18.2 Å². The molecule has 0 N–H and O–H groups in total. The highest BCUT2D eigenvalue weighted by molar-refractivity contribution is 5.38. The Balaban J connectivity index is 1.92. The molecule has 0 saturated carbocycles. The molecular formula is C14H13NO3. The fraction of sp³-hybridized carbons (Fsp3) is 0.286. The van der Waals surface area contributed by atoms with Gasteiger partial charge >= 0.3 is 0 Å². The van der Waals surface area contributed by atoms with Crippen LogP contribution in [-0.4, -0.2) is 11.5 Å². The number of allylic oxidation sites excluding steroid dienone is 4. The van der Waals surface area contributed by atoms with Crippen LogP contribution in [0.1, 0.15) is 17.9 Å². The van der Waals surface area contributed by atoms with Crippen molar-refractivity contribution < 1.29 is 9.66 Å². The maximum atomic E-state index is 10.8. The molecule has 0 aromatic heterocycles. The van der Waals surface area contributed by atoms with Gasteiger partial charge in [-0.15, -0.1) is 0 Å². The summed E-state index contributed by atoms with van der Waals surface area (Å²) in [5, 5.41) is 10.8. The Morgan fingerprint density at radius 2 is 2.22 bits per heavy atom. The first kappa shape index (κ1) is 11.0. The summed E-state index contributed by atoms with van der Waals surface area (Å²) in [6.07, 6.45) is 7.06. The second-order valence-corrected chi connectivity index (χ2v) is 4.61. The topological polar surface area (TPSA) is 52.4 Å². The maximum absolute atomic E-state index is 10.8. The monoisotopic (exact) mass is 243 g/mol. The van der Waals surface area contributed by atoms with Crippen molar-refractivity contribution in [2.45, 2.75) is 12.3 Å². The summed E-state index contributed by atoms with van der Waals surface area (Å²) in [5.41, 5.74) is 1.14. The molecule has 1 aliphatic carbocycles. The van der Waals surface area contributed by atoms with Crippen LogP contribution in [0, 0.1) is 16.0 Å². The number of non-ortho nitro benzene ring substituents is 1. The summed E-state index contributed by atoms with van der Waals surface area (Å²) in [5.74, 6) is 1.56. The smallest absolute Gasteiger partial charge is 0.269 e. The highest BCUT2D eigenvalue weighted by Crippen LogP contribution is 2.42. The average Bonchev–Trinajstić information content (AvgIpc) is 2.82. The third-order valence-corrected chi connectivity index (χ3v) is 3.58. The second-order valence-electron chi connectivity index (χ2n) is 4.61. The van der Waals surface area contributed by atoms with E-state index in [2.05, 4.69) is 6.08 Å². The van der Waals surface area contributed by atoms with Crippen LogP contribution in [0.5, 0.6) is 0 Å². The van der Waals surface area contributed by atoms with Gasteiger partial charge in [0.2, 0.25) is 0 Å². The van der Waals surface area contributed by atoms with E-state index in [-0.39, 0.29) is 16.5 Å². The van der Waals surface area contributed by atoms with Crippen LogP contribution in [0.4, 0.5) is 5.69 Å². The molecule has 4 nitrogen and oxygen atoms in total. The Labute approximate surface area is 105 Å². The first-order valence-corrected chi connectivity index (χ1v) is 5.99. The summed E-state index contributed by atoms with van der Waals surface area (Å²) in [6, 6.07) is 6.88. The zero-order chi connectivity index (χ0) is 12.5. The normalized spacial score (nSPS) is 25.2. The van der Waals surface area contributed by atoms with Crippen molar-refractivity contribution in [2.24, 2.45) is 5.92 Å². The number of hydrogen-bond donors (Lipinski definition) is 0. The number of fused-ring (bicyclic) bond motifs is 1. The van der Waals surface area contributed by atoms with Gasteiger partial charge in [0, 0.05) is 24.0 Å². The number of rotatable bonds is 2. The minimum Gasteiger partial charge on any atom is -0.497 e. The molecule has 92 valence electrons. The Bertz CT molecular complexity index is 548. The lowest BCUT2D eigenvalue weighted by atomic mass is 9.83. The predicted molar refractivity (Wildman–Crippen MR) is 67.1 cm³/mol. The van der Waals surface area contributed by atoms with Crippen molar-refractivity contribution in [2.75, 3.05) is 6.61 Å². The van der Waals surface area contributed by atoms with Gasteiger partial charge in [-0.25, -0.2) is 0 Å². The summed E-state index contributed by atoms with van der Waals surface area (Å²) in [4.78, 5) is 10.5. The number of ether oxygens (including phenoxy) is 1. The van der Waals surface area contributed by atoms with Crippen LogP contribution in [-0.2, 0) is 4.74 Å². The minimum atomic E-state index is -0.350. The van der Waals surface area contributed by atoms with Gasteiger partial charge in [0.25, 0.3) is 5.69 Å². The first-order chi connectivity index (χ1) is 8.75. The maximum Gasteiger partial charge on any atom is 0.269 e. The van der Waals surface area contributed by atoms with Crippen molar-refractivity contribution in [3.63, 3.8) is 0 Å². The summed E-state index contributed by atoms with van der Waals surface area (Å²) >= 11 is 0. The molecule has 0 bridgehead atoms. The minimum absolute atomic E-state index is 0.149. The van der Waals surface area contributed by atoms with Gasteiger partial charge < -0.3 is 4.74 Å². The molecule has 1 saturated heterocycles. The second kappa shape index (κ2) is 4.29. The van der Waals surface area contributed by atoms with Crippen molar-refractivity contribution in [1.29, 1.82) is 0 Å². The number of benzene rings is 1. The highest BCUT2D eigenvalue weighted by atomic mass is 16.6. The Hall–Kier alpha value is -2.10. The van der Waals surface area contributed by atoms with Gasteiger partial charge in [-0.1, -0.05) is 24.3 Å². The Morgan fingerprint density at radius 1 is 1.33 bits per heavy atom. The quantitative estimate of drug-likeness (QED) is 0.592. The lowest BCUT2D eigenvalue weighted by Gasteiger charge is -2.17. The molecule has 0 amide bonds. The molecule has 18 heavy (non-hydrogen) atoms. The largest absolute Gasteiger partial charge is 0.497 e. The van der Waals surface area contributed by atoms with E-state index >= 15 is 0 Å². The zero-order valence-corrected chi connectivity index (χ0v) is 9.78. The summed E-state index contributed by atoms with van der Waals surface area (Å²) in [7, 11) is 0.